The molecule has 1 aromatic heterocycles. The third kappa shape index (κ3) is 5.05. The zero-order chi connectivity index (χ0) is 27.8. The number of carbonyl (C=O) groups excluding carboxylic acids is 1. The highest BCUT2D eigenvalue weighted by Gasteiger charge is 2.25. The van der Waals surface area contributed by atoms with Crippen molar-refractivity contribution < 1.29 is 13.6 Å². The Labute approximate surface area is 235 Å². The van der Waals surface area contributed by atoms with Crippen LogP contribution in [0.5, 0.6) is 0 Å². The molecule has 6 rings (SSSR count). The maximum Gasteiger partial charge on any atom is 0.253 e. The van der Waals surface area contributed by atoms with E-state index in [1.54, 1.807) is 36.5 Å². The number of hydrogen-bond donors (Lipinski definition) is 1. The standard InChI is InChI=1S/C30H25ClF2N6O/c1-38-11-13-39(14-12-38)29(40)18-5-8-21(9-6-18)36-30-35-17-19-16-34-28(26-24(32)3-2-4-25(26)33)23-15-20(31)7-10-22(23)27(19)37-30/h2-10,15,17H,11-14,16H2,1H3,(H,35,36,37). The van der Waals surface area contributed by atoms with Gasteiger partial charge in [-0.1, -0.05) is 23.7 Å². The fourth-order valence-electron chi connectivity index (χ4n) is 4.94. The molecule has 7 nitrogen and oxygen atoms in total. The molecule has 3 aromatic carbocycles. The number of nitrogens with zero attached hydrogens (tertiary/aromatic N) is 5. The summed E-state index contributed by atoms with van der Waals surface area (Å²) in [5, 5.41) is 3.60. The third-order valence-electron chi connectivity index (χ3n) is 7.14. The van der Waals surface area contributed by atoms with Crippen molar-refractivity contribution in [3.8, 4) is 11.3 Å². The Bertz CT molecular complexity index is 1610. The number of fused-ring (bicyclic) bond motifs is 3. The van der Waals surface area contributed by atoms with Crippen LogP contribution in [0.15, 0.2) is 71.9 Å². The Morgan fingerprint density at radius 3 is 2.40 bits per heavy atom. The molecule has 1 amide bonds. The summed E-state index contributed by atoms with van der Waals surface area (Å²) in [6.45, 7) is 3.27. The molecule has 0 aliphatic carbocycles. The number of hydrogen-bond acceptors (Lipinski definition) is 6. The second kappa shape index (κ2) is 10.7. The van der Waals surface area contributed by atoms with Gasteiger partial charge in [0.05, 0.1) is 23.5 Å². The maximum absolute atomic E-state index is 14.8. The molecule has 1 N–H and O–H groups in total. The molecule has 0 spiro atoms. The van der Waals surface area contributed by atoms with Crippen LogP contribution in [-0.4, -0.2) is 64.6 Å². The van der Waals surface area contributed by atoms with Gasteiger partial charge in [-0.15, -0.1) is 0 Å². The molecule has 4 aromatic rings. The van der Waals surface area contributed by atoms with E-state index in [2.05, 4.69) is 27.2 Å². The number of piperazine rings is 1. The minimum atomic E-state index is -0.710. The highest BCUT2D eigenvalue weighted by atomic mass is 35.5. The van der Waals surface area contributed by atoms with Crippen molar-refractivity contribution in [3.05, 3.63) is 106 Å². The molecule has 1 fully saturated rings. The average molecular weight is 559 g/mol. The molecule has 0 unspecified atom stereocenters. The second-order valence-electron chi connectivity index (χ2n) is 9.82. The summed E-state index contributed by atoms with van der Waals surface area (Å²) in [6, 6.07) is 16.0. The van der Waals surface area contributed by atoms with E-state index in [-0.39, 0.29) is 23.7 Å². The largest absolute Gasteiger partial charge is 0.336 e. The minimum Gasteiger partial charge on any atom is -0.336 e. The van der Waals surface area contributed by atoms with Crippen molar-refractivity contribution in [1.82, 2.24) is 19.8 Å². The fourth-order valence-corrected chi connectivity index (χ4v) is 5.11. The van der Waals surface area contributed by atoms with Gasteiger partial charge in [-0.2, -0.15) is 0 Å². The van der Waals surface area contributed by atoms with Crippen LogP contribution in [0.1, 0.15) is 27.0 Å². The Kier molecular flexibility index (Phi) is 7.00. The van der Waals surface area contributed by atoms with Crippen LogP contribution in [0.3, 0.4) is 0 Å². The number of benzene rings is 3. The third-order valence-corrected chi connectivity index (χ3v) is 7.38. The first kappa shape index (κ1) is 26.0. The molecule has 202 valence electrons. The summed E-state index contributed by atoms with van der Waals surface area (Å²) in [5.74, 6) is -1.08. The lowest BCUT2D eigenvalue weighted by Gasteiger charge is -2.32. The van der Waals surface area contributed by atoms with Crippen LogP contribution in [-0.2, 0) is 6.54 Å². The fraction of sp³-hybridized carbons (Fsp3) is 0.200. The number of likely N-dealkylation sites (N-methyl/N-ethyl adjacent to an activating group) is 1. The summed E-state index contributed by atoms with van der Waals surface area (Å²) in [7, 11) is 2.05. The van der Waals surface area contributed by atoms with Crippen molar-refractivity contribution >= 4 is 34.9 Å². The van der Waals surface area contributed by atoms with E-state index < -0.39 is 11.6 Å². The minimum absolute atomic E-state index is 0.0123. The summed E-state index contributed by atoms with van der Waals surface area (Å²) < 4.78 is 29.6. The topological polar surface area (TPSA) is 73.7 Å². The number of aromatic nitrogens is 2. The number of nitrogens with one attached hydrogen (secondary N) is 1. The number of anilines is 2. The molecule has 0 radical (unpaired) electrons. The normalized spacial score (nSPS) is 15.1. The predicted octanol–water partition coefficient (Wildman–Crippen LogP) is 5.56. The lowest BCUT2D eigenvalue weighted by molar-refractivity contribution is 0.0664. The Balaban J connectivity index is 1.29. The molecule has 2 aliphatic rings. The highest BCUT2D eigenvalue weighted by molar-refractivity contribution is 6.31. The predicted molar refractivity (Wildman–Crippen MR) is 151 cm³/mol. The molecular weight excluding hydrogens is 534 g/mol. The number of amides is 1. The van der Waals surface area contributed by atoms with E-state index in [0.717, 1.165) is 13.1 Å². The summed E-state index contributed by atoms with van der Waals surface area (Å²) in [4.78, 5) is 30.7. The van der Waals surface area contributed by atoms with Gasteiger partial charge in [0.2, 0.25) is 5.95 Å². The van der Waals surface area contributed by atoms with E-state index in [9.17, 15) is 13.6 Å². The smallest absolute Gasteiger partial charge is 0.253 e. The van der Waals surface area contributed by atoms with Crippen molar-refractivity contribution in [2.24, 2.45) is 4.99 Å². The lowest BCUT2D eigenvalue weighted by Crippen LogP contribution is -2.47. The second-order valence-corrected chi connectivity index (χ2v) is 10.3. The van der Waals surface area contributed by atoms with Gasteiger partial charge in [0.1, 0.15) is 11.6 Å². The highest BCUT2D eigenvalue weighted by Crippen LogP contribution is 2.34. The zero-order valence-electron chi connectivity index (χ0n) is 21.7. The molecule has 3 heterocycles. The molecule has 10 heteroatoms. The van der Waals surface area contributed by atoms with Gasteiger partial charge < -0.3 is 15.1 Å². The first-order valence-electron chi connectivity index (χ1n) is 12.9. The maximum atomic E-state index is 14.8. The Hall–Kier alpha value is -4.21. The Morgan fingerprint density at radius 2 is 1.68 bits per heavy atom. The van der Waals surface area contributed by atoms with E-state index in [4.69, 9.17) is 16.6 Å². The van der Waals surface area contributed by atoms with E-state index >= 15 is 0 Å². The van der Waals surface area contributed by atoms with Crippen LogP contribution in [0.2, 0.25) is 5.02 Å². The molecule has 0 saturated carbocycles. The first-order valence-corrected chi connectivity index (χ1v) is 13.2. The number of halogens is 3. The molecule has 0 atom stereocenters. The van der Waals surface area contributed by atoms with Crippen LogP contribution in [0, 0.1) is 11.6 Å². The number of rotatable bonds is 4. The Morgan fingerprint density at radius 1 is 0.950 bits per heavy atom. The summed E-state index contributed by atoms with van der Waals surface area (Å²) >= 11 is 6.30. The van der Waals surface area contributed by atoms with Crippen LogP contribution in [0.25, 0.3) is 11.3 Å². The van der Waals surface area contributed by atoms with Gasteiger partial charge in [0.15, 0.2) is 0 Å². The van der Waals surface area contributed by atoms with Gasteiger partial charge in [-0.3, -0.25) is 9.79 Å². The molecular formula is C30H25ClF2N6O. The van der Waals surface area contributed by atoms with Gasteiger partial charge in [0.25, 0.3) is 5.91 Å². The SMILES string of the molecule is CN1CCN(C(=O)c2ccc(Nc3ncc4c(n3)-c3ccc(Cl)cc3C(c3c(F)cccc3F)=NC4)cc2)CC1. The van der Waals surface area contributed by atoms with Crippen LogP contribution in [0.4, 0.5) is 20.4 Å². The van der Waals surface area contributed by atoms with Crippen LogP contribution < -0.4 is 5.32 Å². The van der Waals surface area contributed by atoms with E-state index in [0.29, 0.717) is 57.7 Å². The van der Waals surface area contributed by atoms with Gasteiger partial charge in [0, 0.05) is 65.3 Å². The molecule has 2 aliphatic heterocycles. The average Bonchev–Trinajstić information content (AvgIpc) is 3.10. The molecule has 1 saturated heterocycles. The van der Waals surface area contributed by atoms with Crippen molar-refractivity contribution in [2.45, 2.75) is 6.54 Å². The van der Waals surface area contributed by atoms with Gasteiger partial charge in [-0.05, 0) is 55.6 Å². The molecule has 0 bridgehead atoms. The lowest BCUT2D eigenvalue weighted by atomic mass is 9.95. The number of carbonyl (C=O) groups is 1. The quantitative estimate of drug-likeness (QED) is 0.355. The van der Waals surface area contributed by atoms with Gasteiger partial charge in [-0.25, -0.2) is 18.7 Å². The summed E-state index contributed by atoms with van der Waals surface area (Å²) in [5.41, 5.74) is 3.69. The van der Waals surface area contributed by atoms with E-state index in [1.807, 2.05) is 17.0 Å². The number of aliphatic imine (C=N–C) groups is 1. The van der Waals surface area contributed by atoms with Crippen molar-refractivity contribution in [1.29, 1.82) is 0 Å². The van der Waals surface area contributed by atoms with Crippen molar-refractivity contribution in [2.75, 3.05) is 38.5 Å². The molecule has 40 heavy (non-hydrogen) atoms. The summed E-state index contributed by atoms with van der Waals surface area (Å²) in [6.07, 6.45) is 1.65. The zero-order valence-corrected chi connectivity index (χ0v) is 22.4. The van der Waals surface area contributed by atoms with Crippen LogP contribution >= 0.6 is 11.6 Å². The monoisotopic (exact) mass is 558 g/mol. The van der Waals surface area contributed by atoms with Crippen molar-refractivity contribution in [3.63, 3.8) is 0 Å². The first-order chi connectivity index (χ1) is 19.4. The van der Waals surface area contributed by atoms with E-state index in [1.165, 1.54) is 18.2 Å². The van der Waals surface area contributed by atoms with Gasteiger partial charge >= 0.3 is 0 Å².